The first-order chi connectivity index (χ1) is 15.2. The van der Waals surface area contributed by atoms with E-state index in [1.807, 2.05) is 42.5 Å². The van der Waals surface area contributed by atoms with Gasteiger partial charge in [-0.25, -0.2) is 4.98 Å². The van der Waals surface area contributed by atoms with Crippen molar-refractivity contribution in [2.24, 2.45) is 0 Å². The molecule has 2 aromatic carbocycles. The summed E-state index contributed by atoms with van der Waals surface area (Å²) in [6.45, 7) is 0.474. The van der Waals surface area contributed by atoms with E-state index in [4.69, 9.17) is 18.3 Å². The molecule has 0 unspecified atom stereocenters. The maximum absolute atomic E-state index is 12.4. The molecule has 0 saturated carbocycles. The highest BCUT2D eigenvalue weighted by atomic mass is 32.2. The van der Waals surface area contributed by atoms with Crippen molar-refractivity contribution in [3.8, 4) is 11.5 Å². The quantitative estimate of drug-likeness (QED) is 0.379. The van der Waals surface area contributed by atoms with Crippen LogP contribution >= 0.6 is 11.8 Å². The third-order valence-electron chi connectivity index (χ3n) is 4.64. The number of para-hydroxylation sites is 2. The largest absolute Gasteiger partial charge is 0.493 e. The van der Waals surface area contributed by atoms with Gasteiger partial charge in [-0.2, -0.15) is 0 Å². The van der Waals surface area contributed by atoms with E-state index in [1.165, 1.54) is 11.8 Å². The summed E-state index contributed by atoms with van der Waals surface area (Å²) in [6, 6.07) is 16.8. The van der Waals surface area contributed by atoms with E-state index in [1.54, 1.807) is 26.4 Å². The van der Waals surface area contributed by atoms with Crippen molar-refractivity contribution in [3.05, 3.63) is 71.7 Å². The molecule has 0 radical (unpaired) electrons. The zero-order valence-corrected chi connectivity index (χ0v) is 18.0. The van der Waals surface area contributed by atoms with Crippen LogP contribution in [-0.4, -0.2) is 31.7 Å². The number of carbonyl (C=O) groups is 1. The monoisotopic (exact) mass is 438 g/mol. The van der Waals surface area contributed by atoms with E-state index in [9.17, 15) is 4.79 Å². The van der Waals surface area contributed by atoms with Crippen LogP contribution in [0.2, 0.25) is 0 Å². The van der Waals surface area contributed by atoms with Crippen molar-refractivity contribution in [2.75, 3.05) is 20.8 Å². The molecule has 31 heavy (non-hydrogen) atoms. The lowest BCUT2D eigenvalue weighted by Gasteiger charge is -2.09. The average molecular weight is 439 g/mol. The number of ether oxygens (including phenoxy) is 2. The van der Waals surface area contributed by atoms with Crippen LogP contribution in [0.1, 0.15) is 21.9 Å². The van der Waals surface area contributed by atoms with Gasteiger partial charge in [-0.15, -0.1) is 0 Å². The Morgan fingerprint density at radius 3 is 2.68 bits per heavy atom. The van der Waals surface area contributed by atoms with Crippen molar-refractivity contribution in [1.29, 1.82) is 0 Å². The molecule has 0 spiro atoms. The second kappa shape index (κ2) is 9.61. The van der Waals surface area contributed by atoms with E-state index in [2.05, 4.69) is 10.3 Å². The smallest absolute Gasteiger partial charge is 0.287 e. The Hall–Kier alpha value is -3.39. The molecule has 1 N–H and O–H groups in total. The summed E-state index contributed by atoms with van der Waals surface area (Å²) in [5.74, 6) is 2.56. The van der Waals surface area contributed by atoms with Gasteiger partial charge in [-0.1, -0.05) is 30.0 Å². The molecule has 8 heteroatoms. The number of rotatable bonds is 9. The second-order valence-electron chi connectivity index (χ2n) is 6.70. The number of carbonyl (C=O) groups excluding carboxylic acids is 1. The number of thioether (sulfide) groups is 1. The molecule has 0 bridgehead atoms. The molecule has 1 amide bonds. The predicted octanol–water partition coefficient (Wildman–Crippen LogP) is 4.70. The Balaban J connectivity index is 1.28. The van der Waals surface area contributed by atoms with Crippen LogP contribution in [0.15, 0.2) is 68.7 Å². The van der Waals surface area contributed by atoms with Crippen LogP contribution < -0.4 is 14.8 Å². The lowest BCUT2D eigenvalue weighted by Crippen LogP contribution is -2.25. The SMILES string of the molecule is COc1ccc(CCNC(=O)c2ccc(CSc3nc4ccccc4o3)o2)cc1OC. The number of oxazole rings is 1. The lowest BCUT2D eigenvalue weighted by atomic mass is 10.1. The molecule has 2 heterocycles. The molecule has 2 aromatic heterocycles. The molecule has 0 aliphatic carbocycles. The molecule has 160 valence electrons. The van der Waals surface area contributed by atoms with Crippen LogP contribution in [-0.2, 0) is 12.2 Å². The van der Waals surface area contributed by atoms with E-state index < -0.39 is 0 Å². The molecule has 4 rings (SSSR count). The number of nitrogens with one attached hydrogen (secondary N) is 1. The topological polar surface area (TPSA) is 86.7 Å². The molecule has 0 atom stereocenters. The first-order valence-electron chi connectivity index (χ1n) is 9.72. The second-order valence-corrected chi connectivity index (χ2v) is 7.62. The summed E-state index contributed by atoms with van der Waals surface area (Å²) in [4.78, 5) is 16.8. The number of fused-ring (bicyclic) bond motifs is 1. The van der Waals surface area contributed by atoms with Gasteiger partial charge < -0.3 is 23.6 Å². The highest BCUT2D eigenvalue weighted by molar-refractivity contribution is 7.98. The zero-order valence-electron chi connectivity index (χ0n) is 17.2. The predicted molar refractivity (Wildman–Crippen MR) is 118 cm³/mol. The number of methoxy groups -OCH3 is 2. The van der Waals surface area contributed by atoms with Gasteiger partial charge in [0.1, 0.15) is 11.3 Å². The van der Waals surface area contributed by atoms with Crippen molar-refractivity contribution in [2.45, 2.75) is 17.4 Å². The number of benzene rings is 2. The molecule has 7 nitrogen and oxygen atoms in total. The molecule has 0 fully saturated rings. The van der Waals surface area contributed by atoms with Gasteiger partial charge in [0.25, 0.3) is 11.1 Å². The van der Waals surface area contributed by atoms with Crippen molar-refractivity contribution in [1.82, 2.24) is 10.3 Å². The summed E-state index contributed by atoms with van der Waals surface area (Å²) < 4.78 is 21.9. The Morgan fingerprint density at radius 2 is 1.87 bits per heavy atom. The minimum absolute atomic E-state index is 0.251. The van der Waals surface area contributed by atoms with Crippen molar-refractivity contribution < 1.29 is 23.1 Å². The molecule has 0 aliphatic heterocycles. The third kappa shape index (κ3) is 5.03. The van der Waals surface area contributed by atoms with Gasteiger partial charge in [-0.3, -0.25) is 4.79 Å². The first-order valence-corrected chi connectivity index (χ1v) is 10.7. The Bertz CT molecular complexity index is 1150. The van der Waals surface area contributed by atoms with Crippen molar-refractivity contribution in [3.63, 3.8) is 0 Å². The van der Waals surface area contributed by atoms with Gasteiger partial charge in [0, 0.05) is 6.54 Å². The molecule has 0 saturated heterocycles. The van der Waals surface area contributed by atoms with Gasteiger partial charge >= 0.3 is 0 Å². The van der Waals surface area contributed by atoms with Crippen LogP contribution in [0, 0.1) is 0 Å². The van der Waals surface area contributed by atoms with Gasteiger partial charge in [-0.05, 0) is 48.4 Å². The minimum Gasteiger partial charge on any atom is -0.493 e. The number of amides is 1. The number of furan rings is 1. The molecule has 4 aromatic rings. The minimum atomic E-state index is -0.251. The average Bonchev–Trinajstić information content (AvgIpc) is 3.44. The summed E-state index contributed by atoms with van der Waals surface area (Å²) in [7, 11) is 3.20. The fourth-order valence-electron chi connectivity index (χ4n) is 3.07. The zero-order chi connectivity index (χ0) is 21.6. The fourth-order valence-corrected chi connectivity index (χ4v) is 3.80. The number of nitrogens with zero attached hydrogens (tertiary/aromatic N) is 1. The van der Waals surface area contributed by atoms with Gasteiger partial charge in [0.05, 0.1) is 20.0 Å². The van der Waals surface area contributed by atoms with Crippen molar-refractivity contribution >= 4 is 28.8 Å². The van der Waals surface area contributed by atoms with Gasteiger partial charge in [0.2, 0.25) is 0 Å². The van der Waals surface area contributed by atoms with Crippen LogP contribution in [0.3, 0.4) is 0 Å². The number of aromatic nitrogens is 1. The summed E-state index contributed by atoms with van der Waals surface area (Å²) in [5, 5.41) is 3.44. The van der Waals surface area contributed by atoms with E-state index in [0.29, 0.717) is 41.2 Å². The van der Waals surface area contributed by atoms with E-state index in [0.717, 1.165) is 16.7 Å². The normalized spacial score (nSPS) is 10.9. The molecular weight excluding hydrogens is 416 g/mol. The highest BCUT2D eigenvalue weighted by Gasteiger charge is 2.13. The van der Waals surface area contributed by atoms with Crippen LogP contribution in [0.5, 0.6) is 11.5 Å². The van der Waals surface area contributed by atoms with Gasteiger partial charge in [0.15, 0.2) is 22.8 Å². The van der Waals surface area contributed by atoms with Crippen LogP contribution in [0.4, 0.5) is 0 Å². The third-order valence-corrected chi connectivity index (χ3v) is 5.50. The number of hydrogen-bond acceptors (Lipinski definition) is 7. The maximum atomic E-state index is 12.4. The Labute approximate surface area is 183 Å². The van der Waals surface area contributed by atoms with Crippen LogP contribution in [0.25, 0.3) is 11.1 Å². The molecular formula is C23H22N2O5S. The lowest BCUT2D eigenvalue weighted by molar-refractivity contribution is 0.0925. The maximum Gasteiger partial charge on any atom is 0.287 e. The molecule has 0 aliphatic rings. The Morgan fingerprint density at radius 1 is 1.03 bits per heavy atom. The summed E-state index contributed by atoms with van der Waals surface area (Å²) in [6.07, 6.45) is 0.660. The summed E-state index contributed by atoms with van der Waals surface area (Å²) in [5.41, 5.74) is 2.60. The number of hydrogen-bond donors (Lipinski definition) is 1. The highest BCUT2D eigenvalue weighted by Crippen LogP contribution is 2.28. The first kappa shape index (κ1) is 20.9. The standard InChI is InChI=1S/C23H22N2O5S/c1-27-19-9-7-15(13-21(19)28-2)11-12-24-22(26)20-10-8-16(29-20)14-31-23-25-17-5-3-4-6-18(17)30-23/h3-10,13H,11-12,14H2,1-2H3,(H,24,26). The Kier molecular flexibility index (Phi) is 6.47. The fraction of sp³-hybridized carbons (Fsp3) is 0.217. The van der Waals surface area contributed by atoms with E-state index in [-0.39, 0.29) is 11.7 Å². The summed E-state index contributed by atoms with van der Waals surface area (Å²) >= 11 is 1.42. The van der Waals surface area contributed by atoms with E-state index >= 15 is 0 Å².